The second-order valence-electron chi connectivity index (χ2n) is 6.67. The minimum atomic E-state index is 0.615. The molecule has 2 aromatic rings. The molecule has 5 rings (SSSR count). The van der Waals surface area contributed by atoms with Crippen LogP contribution < -0.4 is 11.1 Å². The summed E-state index contributed by atoms with van der Waals surface area (Å²) < 4.78 is 4.35. The van der Waals surface area contributed by atoms with Crippen LogP contribution in [0.3, 0.4) is 0 Å². The number of nitrogens with two attached hydrogens (primary N) is 1. The smallest absolute Gasteiger partial charge is 0.147 e. The van der Waals surface area contributed by atoms with Gasteiger partial charge in [0.05, 0.1) is 5.56 Å². The van der Waals surface area contributed by atoms with Crippen LogP contribution in [0.2, 0.25) is 0 Å². The number of nitrogens with one attached hydrogen (secondary N) is 1. The van der Waals surface area contributed by atoms with Crippen molar-refractivity contribution in [2.75, 3.05) is 11.1 Å². The van der Waals surface area contributed by atoms with Crippen molar-refractivity contribution in [1.82, 2.24) is 9.36 Å². The van der Waals surface area contributed by atoms with Crippen molar-refractivity contribution in [3.05, 3.63) is 24.5 Å². The molecule has 4 nitrogen and oxygen atoms in total. The van der Waals surface area contributed by atoms with Gasteiger partial charge in [-0.25, -0.2) is 0 Å². The highest BCUT2D eigenvalue weighted by atomic mass is 32.1. The molecule has 0 amide bonds. The molecule has 0 aromatic carbocycles. The van der Waals surface area contributed by atoms with Crippen molar-refractivity contribution in [3.63, 3.8) is 0 Å². The van der Waals surface area contributed by atoms with Gasteiger partial charge in [-0.3, -0.25) is 4.98 Å². The summed E-state index contributed by atoms with van der Waals surface area (Å²) in [4.78, 5) is 4.20. The van der Waals surface area contributed by atoms with Gasteiger partial charge in [0.2, 0.25) is 0 Å². The predicted molar refractivity (Wildman–Crippen MR) is 85.0 cm³/mol. The Hall–Kier alpha value is -1.62. The monoisotopic (exact) mass is 298 g/mol. The average Bonchev–Trinajstić information content (AvgIpc) is 2.84. The molecule has 3 saturated carbocycles. The van der Waals surface area contributed by atoms with E-state index in [-0.39, 0.29) is 0 Å². The first-order valence-corrected chi connectivity index (χ1v) is 8.52. The molecule has 108 valence electrons. The van der Waals surface area contributed by atoms with E-state index in [0.717, 1.165) is 39.8 Å². The fourth-order valence-corrected chi connectivity index (χ4v) is 5.64. The molecule has 2 heterocycles. The third-order valence-electron chi connectivity index (χ3n) is 5.70. The lowest BCUT2D eigenvalue weighted by Crippen LogP contribution is -2.12. The lowest BCUT2D eigenvalue weighted by molar-refractivity contribution is 0.456. The van der Waals surface area contributed by atoms with Crippen molar-refractivity contribution in [2.45, 2.75) is 25.3 Å². The van der Waals surface area contributed by atoms with Gasteiger partial charge in [-0.05, 0) is 60.5 Å². The minimum absolute atomic E-state index is 0.615. The van der Waals surface area contributed by atoms with Gasteiger partial charge >= 0.3 is 0 Å². The maximum absolute atomic E-state index is 6.08. The molecule has 3 aliphatic rings. The summed E-state index contributed by atoms with van der Waals surface area (Å²) in [5.74, 6) is 4.39. The standard InChI is InChI=1S/C16H18N4S/c17-15-13(10-2-1-5-18-7-10)16(21-20-15)19-14-11-8-3-4-9(6-8)12(11)14/h1-2,5,7-9,11-12,14,19H,3-4,6H2,(H2,17,20). The topological polar surface area (TPSA) is 63.8 Å². The highest BCUT2D eigenvalue weighted by Crippen LogP contribution is 2.66. The second kappa shape index (κ2) is 4.19. The normalized spacial score (nSPS) is 35.7. The van der Waals surface area contributed by atoms with E-state index in [1.54, 1.807) is 6.20 Å². The largest absolute Gasteiger partial charge is 0.382 e. The summed E-state index contributed by atoms with van der Waals surface area (Å²) in [6.07, 6.45) is 8.03. The van der Waals surface area contributed by atoms with Crippen molar-refractivity contribution >= 4 is 22.4 Å². The van der Waals surface area contributed by atoms with Crippen LogP contribution in [0.5, 0.6) is 0 Å². The lowest BCUT2D eigenvalue weighted by Gasteiger charge is -2.11. The number of nitrogens with zero attached hydrogens (tertiary/aromatic N) is 2. The molecule has 3 N–H and O–H groups in total. The van der Waals surface area contributed by atoms with Crippen LogP contribution in [0.1, 0.15) is 19.3 Å². The van der Waals surface area contributed by atoms with Crippen molar-refractivity contribution in [2.24, 2.45) is 23.7 Å². The molecule has 3 aliphatic carbocycles. The number of rotatable bonds is 3. The van der Waals surface area contributed by atoms with E-state index in [1.165, 1.54) is 30.8 Å². The third-order valence-corrected chi connectivity index (χ3v) is 6.49. The van der Waals surface area contributed by atoms with E-state index in [9.17, 15) is 0 Å². The van der Waals surface area contributed by atoms with Gasteiger partial charge in [0.25, 0.3) is 0 Å². The summed E-state index contributed by atoms with van der Waals surface area (Å²) in [5.41, 5.74) is 8.17. The number of nitrogen functional groups attached to an aromatic ring is 1. The van der Waals surface area contributed by atoms with Gasteiger partial charge in [0.1, 0.15) is 10.8 Å². The molecule has 2 aromatic heterocycles. The van der Waals surface area contributed by atoms with Gasteiger partial charge in [-0.15, -0.1) is 0 Å². The zero-order chi connectivity index (χ0) is 14.0. The third kappa shape index (κ3) is 1.67. The molecule has 5 heteroatoms. The van der Waals surface area contributed by atoms with Crippen LogP contribution >= 0.6 is 11.5 Å². The van der Waals surface area contributed by atoms with Gasteiger partial charge < -0.3 is 11.1 Å². The summed E-state index contributed by atoms with van der Waals surface area (Å²) >= 11 is 1.49. The Labute approximate surface area is 128 Å². The first kappa shape index (κ1) is 12.0. The lowest BCUT2D eigenvalue weighted by atomic mass is 10.0. The Balaban J connectivity index is 1.44. The van der Waals surface area contributed by atoms with E-state index in [0.29, 0.717) is 11.9 Å². The molecule has 4 unspecified atom stereocenters. The quantitative estimate of drug-likeness (QED) is 0.913. The number of hydrogen-bond donors (Lipinski definition) is 2. The number of fused-ring (bicyclic) bond motifs is 5. The van der Waals surface area contributed by atoms with Gasteiger partial charge in [-0.1, -0.05) is 6.07 Å². The summed E-state index contributed by atoms with van der Waals surface area (Å²) in [5, 5.41) is 4.88. The van der Waals surface area contributed by atoms with E-state index >= 15 is 0 Å². The molecule has 0 radical (unpaired) electrons. The van der Waals surface area contributed by atoms with E-state index in [2.05, 4.69) is 20.7 Å². The summed E-state index contributed by atoms with van der Waals surface area (Å²) in [6.45, 7) is 0. The highest BCUT2D eigenvalue weighted by Gasteiger charge is 2.65. The fourth-order valence-electron chi connectivity index (χ4n) is 4.86. The number of pyridine rings is 1. The molecule has 3 fully saturated rings. The molecule has 0 saturated heterocycles. The average molecular weight is 298 g/mol. The molecule has 2 bridgehead atoms. The van der Waals surface area contributed by atoms with Crippen LogP contribution in [0.4, 0.5) is 10.8 Å². The van der Waals surface area contributed by atoms with Crippen LogP contribution in [0.25, 0.3) is 11.1 Å². The van der Waals surface area contributed by atoms with E-state index in [1.807, 2.05) is 12.3 Å². The van der Waals surface area contributed by atoms with Crippen LogP contribution in [0, 0.1) is 23.7 Å². The SMILES string of the molecule is Nc1nsc(NC2C3C4CCC(C4)C23)c1-c1cccnc1. The minimum Gasteiger partial charge on any atom is -0.382 e. The zero-order valence-corrected chi connectivity index (χ0v) is 12.5. The first-order chi connectivity index (χ1) is 10.3. The van der Waals surface area contributed by atoms with Gasteiger partial charge in [0.15, 0.2) is 0 Å². The highest BCUT2D eigenvalue weighted by molar-refractivity contribution is 7.11. The van der Waals surface area contributed by atoms with E-state index in [4.69, 9.17) is 5.73 Å². The number of hydrogen-bond acceptors (Lipinski definition) is 5. The first-order valence-electron chi connectivity index (χ1n) is 7.75. The fraction of sp³-hybridized carbons (Fsp3) is 0.500. The Morgan fingerprint density at radius 2 is 2.05 bits per heavy atom. The van der Waals surface area contributed by atoms with Gasteiger partial charge in [-0.2, -0.15) is 4.37 Å². The number of anilines is 2. The van der Waals surface area contributed by atoms with Crippen LogP contribution in [-0.2, 0) is 0 Å². The molecule has 0 spiro atoms. The van der Waals surface area contributed by atoms with Crippen molar-refractivity contribution in [3.8, 4) is 11.1 Å². The maximum Gasteiger partial charge on any atom is 0.147 e. The Morgan fingerprint density at radius 3 is 2.76 bits per heavy atom. The molecule has 21 heavy (non-hydrogen) atoms. The Kier molecular flexibility index (Phi) is 2.39. The van der Waals surface area contributed by atoms with Crippen molar-refractivity contribution in [1.29, 1.82) is 0 Å². The predicted octanol–water partition coefficient (Wildman–Crippen LogP) is 3.24. The Bertz CT molecular complexity index is 667. The van der Waals surface area contributed by atoms with Crippen LogP contribution in [-0.4, -0.2) is 15.4 Å². The van der Waals surface area contributed by atoms with Crippen LogP contribution in [0.15, 0.2) is 24.5 Å². The number of aromatic nitrogens is 2. The maximum atomic E-state index is 6.08. The molecule has 4 atom stereocenters. The molecular weight excluding hydrogens is 280 g/mol. The van der Waals surface area contributed by atoms with Crippen molar-refractivity contribution < 1.29 is 0 Å². The second-order valence-corrected chi connectivity index (χ2v) is 7.45. The Morgan fingerprint density at radius 1 is 1.24 bits per heavy atom. The summed E-state index contributed by atoms with van der Waals surface area (Å²) in [6, 6.07) is 4.66. The molecular formula is C16H18N4S. The zero-order valence-electron chi connectivity index (χ0n) is 11.7. The van der Waals surface area contributed by atoms with E-state index < -0.39 is 0 Å². The summed E-state index contributed by atoms with van der Waals surface area (Å²) in [7, 11) is 0. The van der Waals surface area contributed by atoms with Gasteiger partial charge in [0, 0.05) is 24.0 Å². The molecule has 0 aliphatic heterocycles.